The number of piperidine rings is 1. The van der Waals surface area contributed by atoms with Crippen LogP contribution in [0.15, 0.2) is 24.3 Å². The zero-order valence-corrected chi connectivity index (χ0v) is 15.8. The van der Waals surface area contributed by atoms with Crippen LogP contribution in [0.5, 0.6) is 5.75 Å². The Hall–Kier alpha value is -1.02. The second-order valence-corrected chi connectivity index (χ2v) is 7.83. The van der Waals surface area contributed by atoms with Gasteiger partial charge in [0.05, 0.1) is 6.61 Å². The van der Waals surface area contributed by atoms with Crippen LogP contribution in [0.1, 0.15) is 72.3 Å². The molecule has 0 bridgehead atoms. The first-order valence-corrected chi connectivity index (χ1v) is 9.43. The maximum Gasteiger partial charge on any atom is 0.119 e. The van der Waals surface area contributed by atoms with Crippen molar-refractivity contribution in [2.75, 3.05) is 13.2 Å². The van der Waals surface area contributed by atoms with Gasteiger partial charge in [-0.2, -0.15) is 0 Å². The maximum absolute atomic E-state index is 5.94. The van der Waals surface area contributed by atoms with Crippen molar-refractivity contribution in [3.05, 3.63) is 29.8 Å². The molecule has 2 nitrogen and oxygen atoms in total. The van der Waals surface area contributed by atoms with Gasteiger partial charge in [-0.25, -0.2) is 0 Å². The molecule has 0 saturated carbocycles. The third kappa shape index (κ3) is 4.97. The minimum absolute atomic E-state index is 0.249. The van der Waals surface area contributed by atoms with E-state index in [1.807, 2.05) is 0 Å². The van der Waals surface area contributed by atoms with E-state index in [4.69, 9.17) is 4.74 Å². The molecule has 0 N–H and O–H groups in total. The zero-order chi connectivity index (χ0) is 16.9. The van der Waals surface area contributed by atoms with E-state index in [0.29, 0.717) is 0 Å². The molecule has 23 heavy (non-hydrogen) atoms. The van der Waals surface area contributed by atoms with Gasteiger partial charge in [0.25, 0.3) is 0 Å². The van der Waals surface area contributed by atoms with Crippen LogP contribution in [-0.2, 0) is 5.41 Å². The first-order valence-electron chi connectivity index (χ1n) is 9.43. The predicted octanol–water partition coefficient (Wildman–Crippen LogP) is 5.41. The Balaban J connectivity index is 1.76. The molecule has 0 amide bonds. The van der Waals surface area contributed by atoms with Crippen molar-refractivity contribution in [2.45, 2.75) is 84.2 Å². The molecule has 2 unspecified atom stereocenters. The highest BCUT2D eigenvalue weighted by molar-refractivity contribution is 5.31. The highest BCUT2D eigenvalue weighted by Crippen LogP contribution is 2.28. The Labute approximate surface area is 143 Å². The molecule has 1 aliphatic heterocycles. The lowest BCUT2D eigenvalue weighted by Gasteiger charge is -2.39. The van der Waals surface area contributed by atoms with E-state index < -0.39 is 0 Å². The third-order valence-corrected chi connectivity index (χ3v) is 5.73. The second-order valence-electron chi connectivity index (χ2n) is 7.83. The number of benzene rings is 1. The van der Waals surface area contributed by atoms with Crippen LogP contribution in [0, 0.1) is 0 Å². The molecule has 1 saturated heterocycles. The molecule has 0 radical (unpaired) electrons. The first kappa shape index (κ1) is 18.3. The Morgan fingerprint density at radius 1 is 1.09 bits per heavy atom. The van der Waals surface area contributed by atoms with Crippen molar-refractivity contribution >= 4 is 0 Å². The van der Waals surface area contributed by atoms with Gasteiger partial charge in [-0.05, 0) is 62.6 Å². The molecule has 1 fully saturated rings. The lowest BCUT2D eigenvalue weighted by atomic mass is 9.82. The van der Waals surface area contributed by atoms with Crippen LogP contribution in [0.4, 0.5) is 0 Å². The molecule has 2 atom stereocenters. The number of likely N-dealkylation sites (tertiary alicyclic amines) is 1. The summed E-state index contributed by atoms with van der Waals surface area (Å²) in [6.45, 7) is 13.5. The Morgan fingerprint density at radius 2 is 1.70 bits per heavy atom. The summed E-state index contributed by atoms with van der Waals surface area (Å²) in [7, 11) is 0. The normalized spacial score (nSPS) is 23.0. The summed E-state index contributed by atoms with van der Waals surface area (Å²) in [4.78, 5) is 2.65. The van der Waals surface area contributed by atoms with Crippen LogP contribution in [0.25, 0.3) is 0 Å². The van der Waals surface area contributed by atoms with Gasteiger partial charge in [-0.1, -0.05) is 39.3 Å². The summed E-state index contributed by atoms with van der Waals surface area (Å²) in [5, 5.41) is 0. The average molecular weight is 318 g/mol. The van der Waals surface area contributed by atoms with Crippen LogP contribution in [0.3, 0.4) is 0 Å². The largest absolute Gasteiger partial charge is 0.494 e. The quantitative estimate of drug-likeness (QED) is 0.624. The minimum atomic E-state index is 0.249. The molecule has 1 aromatic rings. The highest BCUT2D eigenvalue weighted by atomic mass is 16.5. The number of ether oxygens (including phenoxy) is 1. The van der Waals surface area contributed by atoms with Crippen molar-refractivity contribution < 1.29 is 4.74 Å². The molecule has 0 aliphatic carbocycles. The van der Waals surface area contributed by atoms with Gasteiger partial charge < -0.3 is 4.74 Å². The molecule has 1 aromatic carbocycles. The summed E-state index contributed by atoms with van der Waals surface area (Å²) in [6, 6.07) is 10.1. The summed E-state index contributed by atoms with van der Waals surface area (Å²) in [5.74, 6) is 1.00. The van der Waals surface area contributed by atoms with Gasteiger partial charge >= 0.3 is 0 Å². The van der Waals surface area contributed by atoms with Crippen LogP contribution in [-0.4, -0.2) is 30.1 Å². The number of hydrogen-bond acceptors (Lipinski definition) is 2. The van der Waals surface area contributed by atoms with E-state index in [9.17, 15) is 0 Å². The fourth-order valence-electron chi connectivity index (χ4n) is 3.56. The topological polar surface area (TPSA) is 12.5 Å². The molecule has 130 valence electrons. The SMILES string of the molecule is CCC(C)(C)c1ccc(OCCCN2C(C)CCCC2C)cc1. The van der Waals surface area contributed by atoms with Gasteiger partial charge in [0.15, 0.2) is 0 Å². The molecular weight excluding hydrogens is 282 g/mol. The van der Waals surface area contributed by atoms with Crippen molar-refractivity contribution in [1.82, 2.24) is 4.90 Å². The molecule has 2 heteroatoms. The molecule has 0 spiro atoms. The van der Waals surface area contributed by atoms with Gasteiger partial charge in [0, 0.05) is 18.6 Å². The van der Waals surface area contributed by atoms with Crippen molar-refractivity contribution in [2.24, 2.45) is 0 Å². The molecule has 2 rings (SSSR count). The standard InChI is InChI=1S/C21H35NO/c1-6-21(4,5)19-11-13-20(14-12-19)23-16-8-15-22-17(2)9-7-10-18(22)3/h11-14,17-18H,6-10,15-16H2,1-5H3. The zero-order valence-electron chi connectivity index (χ0n) is 15.8. The van der Waals surface area contributed by atoms with Gasteiger partial charge in [-0.15, -0.1) is 0 Å². The second kappa shape index (κ2) is 8.19. The molecule has 1 heterocycles. The molecule has 0 aromatic heterocycles. The van der Waals surface area contributed by atoms with Crippen LogP contribution < -0.4 is 4.74 Å². The average Bonchev–Trinajstić information content (AvgIpc) is 2.54. The fourth-order valence-corrected chi connectivity index (χ4v) is 3.56. The fraction of sp³-hybridized carbons (Fsp3) is 0.714. The summed E-state index contributed by atoms with van der Waals surface area (Å²) in [6.07, 6.45) is 6.34. The van der Waals surface area contributed by atoms with Gasteiger partial charge in [-0.3, -0.25) is 4.90 Å². The van der Waals surface area contributed by atoms with Crippen molar-refractivity contribution in [1.29, 1.82) is 0 Å². The van der Waals surface area contributed by atoms with E-state index in [1.165, 1.54) is 24.8 Å². The number of hydrogen-bond donors (Lipinski definition) is 0. The summed E-state index contributed by atoms with van der Waals surface area (Å²) < 4.78 is 5.94. The van der Waals surface area contributed by atoms with E-state index >= 15 is 0 Å². The minimum Gasteiger partial charge on any atom is -0.494 e. The van der Waals surface area contributed by atoms with E-state index in [2.05, 4.69) is 63.8 Å². The smallest absolute Gasteiger partial charge is 0.119 e. The Morgan fingerprint density at radius 3 is 2.26 bits per heavy atom. The lowest BCUT2D eigenvalue weighted by Crippen LogP contribution is -2.44. The van der Waals surface area contributed by atoms with E-state index in [1.54, 1.807) is 0 Å². The van der Waals surface area contributed by atoms with Crippen LogP contribution in [0.2, 0.25) is 0 Å². The summed E-state index contributed by atoms with van der Waals surface area (Å²) in [5.41, 5.74) is 1.64. The lowest BCUT2D eigenvalue weighted by molar-refractivity contribution is 0.0961. The first-order chi connectivity index (χ1) is 10.9. The van der Waals surface area contributed by atoms with Gasteiger partial charge in [0.2, 0.25) is 0 Å². The van der Waals surface area contributed by atoms with Crippen molar-refractivity contribution in [3.8, 4) is 5.75 Å². The van der Waals surface area contributed by atoms with Crippen molar-refractivity contribution in [3.63, 3.8) is 0 Å². The Kier molecular flexibility index (Phi) is 6.52. The Bertz CT molecular complexity index is 455. The highest BCUT2D eigenvalue weighted by Gasteiger charge is 2.23. The van der Waals surface area contributed by atoms with Gasteiger partial charge in [0.1, 0.15) is 5.75 Å². The number of nitrogens with zero attached hydrogens (tertiary/aromatic N) is 1. The molecule has 1 aliphatic rings. The number of rotatable bonds is 7. The monoisotopic (exact) mass is 317 g/mol. The molecular formula is C21H35NO. The van der Waals surface area contributed by atoms with E-state index in [-0.39, 0.29) is 5.41 Å². The summed E-state index contributed by atoms with van der Waals surface area (Å²) >= 11 is 0. The third-order valence-electron chi connectivity index (χ3n) is 5.73. The van der Waals surface area contributed by atoms with E-state index in [0.717, 1.165) is 43.8 Å². The maximum atomic E-state index is 5.94. The predicted molar refractivity (Wildman–Crippen MR) is 99.4 cm³/mol. The van der Waals surface area contributed by atoms with Crippen LogP contribution >= 0.6 is 0 Å².